The van der Waals surface area contributed by atoms with Crippen LogP contribution in [-0.2, 0) is 6.42 Å². The zero-order valence-electron chi connectivity index (χ0n) is 10.7. The third kappa shape index (κ3) is 5.09. The molecular formula is C14H22FNS. The standard InChI is InChI=1S/C14H22FNS/c1-3-5-8-17-14-7-6-12(15)9-11(14)10-13(16)4-2/h6-7,9,13H,3-5,8,10,16H2,1-2H3. The van der Waals surface area contributed by atoms with Crippen molar-refractivity contribution < 1.29 is 4.39 Å². The molecule has 1 rings (SSSR count). The van der Waals surface area contributed by atoms with E-state index in [0.717, 1.165) is 24.2 Å². The van der Waals surface area contributed by atoms with Gasteiger partial charge in [0.15, 0.2) is 0 Å². The van der Waals surface area contributed by atoms with Gasteiger partial charge in [0.1, 0.15) is 5.82 Å². The number of halogens is 1. The lowest BCUT2D eigenvalue weighted by molar-refractivity contribution is 0.609. The molecule has 0 spiro atoms. The van der Waals surface area contributed by atoms with E-state index in [0.29, 0.717) is 0 Å². The van der Waals surface area contributed by atoms with Crippen LogP contribution in [0.2, 0.25) is 0 Å². The van der Waals surface area contributed by atoms with Crippen LogP contribution in [0.5, 0.6) is 0 Å². The third-order valence-electron chi connectivity index (χ3n) is 2.78. The van der Waals surface area contributed by atoms with Crippen LogP contribution in [-0.4, -0.2) is 11.8 Å². The Bertz CT molecular complexity index is 341. The smallest absolute Gasteiger partial charge is 0.123 e. The Balaban J connectivity index is 2.72. The van der Waals surface area contributed by atoms with Gasteiger partial charge in [-0.05, 0) is 48.8 Å². The summed E-state index contributed by atoms with van der Waals surface area (Å²) in [6.45, 7) is 4.24. The molecule has 0 aliphatic rings. The number of thioether (sulfide) groups is 1. The summed E-state index contributed by atoms with van der Waals surface area (Å²) in [4.78, 5) is 1.18. The predicted octanol–water partition coefficient (Wildman–Crippen LogP) is 4.00. The minimum atomic E-state index is -0.164. The molecule has 0 fully saturated rings. The summed E-state index contributed by atoms with van der Waals surface area (Å²) in [5, 5.41) is 0. The van der Waals surface area contributed by atoms with E-state index >= 15 is 0 Å². The number of rotatable bonds is 7. The van der Waals surface area contributed by atoms with E-state index < -0.39 is 0 Å². The first-order chi connectivity index (χ1) is 8.17. The molecule has 0 aromatic heterocycles. The summed E-state index contributed by atoms with van der Waals surface area (Å²) in [6.07, 6.45) is 4.08. The third-order valence-corrected chi connectivity index (χ3v) is 3.99. The van der Waals surface area contributed by atoms with Gasteiger partial charge in [0.05, 0.1) is 0 Å². The van der Waals surface area contributed by atoms with Gasteiger partial charge in [-0.2, -0.15) is 0 Å². The Kier molecular flexibility index (Phi) is 6.60. The molecule has 0 saturated carbocycles. The van der Waals surface area contributed by atoms with Crippen LogP contribution < -0.4 is 5.73 Å². The Hall–Kier alpha value is -0.540. The highest BCUT2D eigenvalue weighted by Gasteiger charge is 2.08. The fourth-order valence-corrected chi connectivity index (χ4v) is 2.75. The van der Waals surface area contributed by atoms with Crippen molar-refractivity contribution in [3.8, 4) is 0 Å². The average molecular weight is 255 g/mol. The van der Waals surface area contributed by atoms with Gasteiger partial charge in [0.2, 0.25) is 0 Å². The first kappa shape index (κ1) is 14.5. The number of hydrogen-bond donors (Lipinski definition) is 1. The van der Waals surface area contributed by atoms with Gasteiger partial charge in [0.25, 0.3) is 0 Å². The lowest BCUT2D eigenvalue weighted by Crippen LogP contribution is -2.21. The van der Waals surface area contributed by atoms with Gasteiger partial charge in [-0.15, -0.1) is 11.8 Å². The van der Waals surface area contributed by atoms with Crippen LogP contribution in [0.15, 0.2) is 23.1 Å². The maximum Gasteiger partial charge on any atom is 0.123 e. The molecule has 1 aromatic rings. The second-order valence-electron chi connectivity index (χ2n) is 4.33. The summed E-state index contributed by atoms with van der Waals surface area (Å²) in [5.41, 5.74) is 7.00. The molecule has 0 aliphatic heterocycles. The molecule has 0 heterocycles. The van der Waals surface area contributed by atoms with Crippen molar-refractivity contribution in [1.29, 1.82) is 0 Å². The van der Waals surface area contributed by atoms with Crippen LogP contribution in [0.25, 0.3) is 0 Å². The minimum absolute atomic E-state index is 0.127. The highest BCUT2D eigenvalue weighted by Crippen LogP contribution is 2.25. The summed E-state index contributed by atoms with van der Waals surface area (Å²) in [7, 11) is 0. The van der Waals surface area contributed by atoms with Crippen molar-refractivity contribution in [2.75, 3.05) is 5.75 Å². The second-order valence-corrected chi connectivity index (χ2v) is 5.46. The Morgan fingerprint density at radius 3 is 2.76 bits per heavy atom. The molecule has 0 amide bonds. The summed E-state index contributed by atoms with van der Waals surface area (Å²) < 4.78 is 13.2. The molecule has 0 bridgehead atoms. The molecule has 1 unspecified atom stereocenters. The van der Waals surface area contributed by atoms with E-state index in [2.05, 4.69) is 13.8 Å². The van der Waals surface area contributed by atoms with Gasteiger partial charge < -0.3 is 5.73 Å². The molecule has 0 aliphatic carbocycles. The number of hydrogen-bond acceptors (Lipinski definition) is 2. The SMILES string of the molecule is CCCCSc1ccc(F)cc1CC(N)CC. The van der Waals surface area contributed by atoms with Crippen LogP contribution in [0, 0.1) is 5.82 Å². The number of nitrogens with two attached hydrogens (primary N) is 1. The Labute approximate surface area is 108 Å². The fraction of sp³-hybridized carbons (Fsp3) is 0.571. The average Bonchev–Trinajstić information content (AvgIpc) is 2.32. The second kappa shape index (κ2) is 7.72. The van der Waals surface area contributed by atoms with Crippen molar-refractivity contribution in [2.24, 2.45) is 5.73 Å². The quantitative estimate of drug-likeness (QED) is 0.589. The summed E-state index contributed by atoms with van der Waals surface area (Å²) in [6, 6.07) is 5.18. The van der Waals surface area contributed by atoms with Gasteiger partial charge in [-0.25, -0.2) is 4.39 Å². The molecule has 1 atom stereocenters. The molecule has 96 valence electrons. The maximum absolute atomic E-state index is 13.2. The molecule has 2 N–H and O–H groups in total. The summed E-state index contributed by atoms with van der Waals surface area (Å²) in [5.74, 6) is 0.930. The van der Waals surface area contributed by atoms with E-state index in [1.807, 2.05) is 17.8 Å². The van der Waals surface area contributed by atoms with E-state index in [1.165, 1.54) is 23.8 Å². The predicted molar refractivity (Wildman–Crippen MR) is 74.0 cm³/mol. The van der Waals surface area contributed by atoms with Crippen LogP contribution in [0.3, 0.4) is 0 Å². The zero-order valence-corrected chi connectivity index (χ0v) is 11.5. The highest BCUT2D eigenvalue weighted by atomic mass is 32.2. The first-order valence-corrected chi connectivity index (χ1v) is 7.32. The molecule has 3 heteroatoms. The van der Waals surface area contributed by atoms with Crippen molar-refractivity contribution in [3.05, 3.63) is 29.6 Å². The van der Waals surface area contributed by atoms with Gasteiger partial charge in [0, 0.05) is 10.9 Å². The lowest BCUT2D eigenvalue weighted by atomic mass is 10.0. The highest BCUT2D eigenvalue weighted by molar-refractivity contribution is 7.99. The van der Waals surface area contributed by atoms with Gasteiger partial charge in [-0.1, -0.05) is 20.3 Å². The first-order valence-electron chi connectivity index (χ1n) is 6.34. The topological polar surface area (TPSA) is 26.0 Å². The van der Waals surface area contributed by atoms with Crippen molar-refractivity contribution >= 4 is 11.8 Å². The molecule has 17 heavy (non-hydrogen) atoms. The van der Waals surface area contributed by atoms with Crippen LogP contribution >= 0.6 is 11.8 Å². The van der Waals surface area contributed by atoms with Crippen LogP contribution in [0.1, 0.15) is 38.7 Å². The van der Waals surface area contributed by atoms with E-state index in [9.17, 15) is 4.39 Å². The van der Waals surface area contributed by atoms with E-state index in [-0.39, 0.29) is 11.9 Å². The van der Waals surface area contributed by atoms with Gasteiger partial charge >= 0.3 is 0 Å². The fourth-order valence-electron chi connectivity index (χ4n) is 1.60. The monoisotopic (exact) mass is 255 g/mol. The molecule has 0 saturated heterocycles. The molecular weight excluding hydrogens is 233 g/mol. The van der Waals surface area contributed by atoms with Crippen LogP contribution in [0.4, 0.5) is 4.39 Å². The largest absolute Gasteiger partial charge is 0.327 e. The molecule has 1 nitrogen and oxygen atoms in total. The summed E-state index contributed by atoms with van der Waals surface area (Å²) >= 11 is 1.81. The molecule has 0 radical (unpaired) electrons. The zero-order chi connectivity index (χ0) is 12.7. The van der Waals surface area contributed by atoms with Crippen molar-refractivity contribution in [1.82, 2.24) is 0 Å². The number of unbranched alkanes of at least 4 members (excludes halogenated alkanes) is 1. The Morgan fingerprint density at radius 1 is 1.35 bits per heavy atom. The Morgan fingerprint density at radius 2 is 2.12 bits per heavy atom. The van der Waals surface area contributed by atoms with E-state index in [4.69, 9.17) is 5.73 Å². The minimum Gasteiger partial charge on any atom is -0.327 e. The maximum atomic E-state index is 13.2. The molecule has 1 aromatic carbocycles. The van der Waals surface area contributed by atoms with Crippen molar-refractivity contribution in [3.63, 3.8) is 0 Å². The van der Waals surface area contributed by atoms with E-state index in [1.54, 1.807) is 6.07 Å². The van der Waals surface area contributed by atoms with Gasteiger partial charge in [-0.3, -0.25) is 0 Å². The van der Waals surface area contributed by atoms with Crippen molar-refractivity contribution in [2.45, 2.75) is 50.5 Å². The lowest BCUT2D eigenvalue weighted by Gasteiger charge is -2.13. The number of benzene rings is 1. The normalized spacial score (nSPS) is 12.7.